The lowest BCUT2D eigenvalue weighted by Crippen LogP contribution is -2.30. The first-order chi connectivity index (χ1) is 14.8. The lowest BCUT2D eigenvalue weighted by atomic mass is 10.2. The van der Waals surface area contributed by atoms with Gasteiger partial charge in [0, 0.05) is 11.6 Å². The molecular weight excluding hydrogens is 448 g/mol. The Labute approximate surface area is 181 Å². The van der Waals surface area contributed by atoms with Crippen LogP contribution in [0.15, 0.2) is 62.7 Å². The number of hydrogen-bond acceptors (Lipinski definition) is 10. The van der Waals surface area contributed by atoms with E-state index in [1.165, 1.54) is 12.1 Å². The summed E-state index contributed by atoms with van der Waals surface area (Å²) in [6.07, 6.45) is 1.64. The number of carbonyl (C=O) groups excluding carboxylic acids is 1. The normalized spacial score (nSPS) is 11.3. The van der Waals surface area contributed by atoms with Gasteiger partial charge in [-0.3, -0.25) is 14.9 Å². The van der Waals surface area contributed by atoms with Crippen LogP contribution in [0.4, 0.5) is 5.69 Å². The van der Waals surface area contributed by atoms with Crippen molar-refractivity contribution in [2.45, 2.75) is 16.4 Å². The van der Waals surface area contributed by atoms with Crippen LogP contribution < -0.4 is 4.72 Å². The molecule has 0 aliphatic heterocycles. The lowest BCUT2D eigenvalue weighted by molar-refractivity contribution is -0.387. The van der Waals surface area contributed by atoms with Gasteiger partial charge in [0.25, 0.3) is 11.6 Å². The van der Waals surface area contributed by atoms with Gasteiger partial charge in [-0.25, -0.2) is 8.42 Å². The van der Waals surface area contributed by atoms with Gasteiger partial charge in [0.05, 0.1) is 14.7 Å². The molecule has 0 amide bonds. The molecule has 1 N–H and O–H groups in total. The molecule has 0 saturated heterocycles. The van der Waals surface area contributed by atoms with Crippen molar-refractivity contribution in [2.75, 3.05) is 12.8 Å². The Kier molecular flexibility index (Phi) is 6.99. The van der Waals surface area contributed by atoms with Crippen LogP contribution in [0.25, 0.3) is 11.5 Å². The first-order valence-electron chi connectivity index (χ1n) is 8.65. The van der Waals surface area contributed by atoms with Crippen molar-refractivity contribution in [2.24, 2.45) is 0 Å². The molecule has 3 rings (SSSR count). The van der Waals surface area contributed by atoms with Gasteiger partial charge < -0.3 is 9.15 Å². The van der Waals surface area contributed by atoms with Crippen LogP contribution in [-0.4, -0.2) is 42.3 Å². The maximum atomic E-state index is 12.4. The van der Waals surface area contributed by atoms with Gasteiger partial charge in [-0.2, -0.15) is 4.72 Å². The van der Waals surface area contributed by atoms with Gasteiger partial charge in [0.2, 0.25) is 15.9 Å². The predicted molar refractivity (Wildman–Crippen MR) is 110 cm³/mol. The Balaban J connectivity index is 1.57. The molecule has 0 aliphatic rings. The molecule has 1 aromatic heterocycles. The Hall–Kier alpha value is -3.29. The zero-order valence-corrected chi connectivity index (χ0v) is 17.7. The number of nitro benzene ring substituents is 1. The van der Waals surface area contributed by atoms with Crippen molar-refractivity contribution in [1.82, 2.24) is 14.9 Å². The SMILES string of the molecule is CSc1ccc(S(=O)(=O)NCC(=O)OCc2nnc(-c3ccccc3)o2)cc1[N+](=O)[O-]. The topological polar surface area (TPSA) is 155 Å². The highest BCUT2D eigenvalue weighted by molar-refractivity contribution is 7.98. The highest BCUT2D eigenvalue weighted by atomic mass is 32.2. The van der Waals surface area contributed by atoms with Gasteiger partial charge >= 0.3 is 5.97 Å². The average Bonchev–Trinajstić information content (AvgIpc) is 3.25. The third-order valence-electron chi connectivity index (χ3n) is 3.91. The fourth-order valence-electron chi connectivity index (χ4n) is 2.42. The highest BCUT2D eigenvalue weighted by Gasteiger charge is 2.22. The molecule has 1 heterocycles. The van der Waals surface area contributed by atoms with E-state index in [1.54, 1.807) is 30.5 Å². The number of sulfonamides is 1. The predicted octanol–water partition coefficient (Wildman–Crippen LogP) is 2.39. The standard InChI is InChI=1S/C18H16N4O7S2/c1-30-15-8-7-13(9-14(15)22(24)25)31(26,27)19-10-17(23)28-11-16-20-21-18(29-16)12-5-3-2-4-6-12/h2-9,19H,10-11H2,1H3. The van der Waals surface area contributed by atoms with Crippen molar-refractivity contribution < 1.29 is 27.3 Å². The summed E-state index contributed by atoms with van der Waals surface area (Å²) in [5, 5.41) is 18.7. The zero-order valence-electron chi connectivity index (χ0n) is 16.0. The van der Waals surface area contributed by atoms with Gasteiger partial charge in [0.15, 0.2) is 6.61 Å². The number of aromatic nitrogens is 2. The van der Waals surface area contributed by atoms with E-state index in [0.29, 0.717) is 10.5 Å². The monoisotopic (exact) mass is 464 g/mol. The van der Waals surface area contributed by atoms with Crippen LogP contribution >= 0.6 is 11.8 Å². The molecule has 0 atom stereocenters. The summed E-state index contributed by atoms with van der Waals surface area (Å²) in [4.78, 5) is 22.3. The number of thioether (sulfide) groups is 1. The molecule has 162 valence electrons. The Morgan fingerprint density at radius 2 is 1.97 bits per heavy atom. The molecule has 0 saturated carbocycles. The minimum Gasteiger partial charge on any atom is -0.455 e. The van der Waals surface area contributed by atoms with E-state index in [2.05, 4.69) is 10.2 Å². The average molecular weight is 464 g/mol. The Bertz CT molecular complexity index is 1200. The summed E-state index contributed by atoms with van der Waals surface area (Å²) in [5.74, 6) is -0.598. The zero-order chi connectivity index (χ0) is 22.4. The molecule has 13 heteroatoms. The molecule has 0 unspecified atom stereocenters. The second-order valence-electron chi connectivity index (χ2n) is 5.94. The molecule has 0 spiro atoms. The fourth-order valence-corrected chi connectivity index (χ4v) is 3.95. The van der Waals surface area contributed by atoms with E-state index >= 15 is 0 Å². The minimum absolute atomic E-state index is 0.0401. The summed E-state index contributed by atoms with van der Waals surface area (Å²) in [7, 11) is -4.17. The largest absolute Gasteiger partial charge is 0.455 e. The van der Waals surface area contributed by atoms with Crippen LogP contribution in [0, 0.1) is 10.1 Å². The fraction of sp³-hybridized carbons (Fsp3) is 0.167. The molecule has 11 nitrogen and oxygen atoms in total. The summed E-state index contributed by atoms with van der Waals surface area (Å²) in [6, 6.07) is 12.5. The van der Waals surface area contributed by atoms with E-state index in [1.807, 2.05) is 10.8 Å². The number of nitrogens with one attached hydrogen (secondary N) is 1. The Morgan fingerprint density at radius 1 is 1.23 bits per heavy atom. The lowest BCUT2D eigenvalue weighted by Gasteiger charge is -2.07. The second kappa shape index (κ2) is 9.68. The molecule has 31 heavy (non-hydrogen) atoms. The van der Waals surface area contributed by atoms with Crippen LogP contribution in [0.2, 0.25) is 0 Å². The van der Waals surface area contributed by atoms with Crippen LogP contribution in [0.5, 0.6) is 0 Å². The van der Waals surface area contributed by atoms with Crippen molar-refractivity contribution >= 4 is 33.4 Å². The number of rotatable bonds is 9. The smallest absolute Gasteiger partial charge is 0.321 e. The molecule has 0 bridgehead atoms. The number of nitro groups is 1. The maximum Gasteiger partial charge on any atom is 0.321 e. The minimum atomic E-state index is -4.17. The van der Waals surface area contributed by atoms with Gasteiger partial charge in [-0.15, -0.1) is 22.0 Å². The van der Waals surface area contributed by atoms with Gasteiger partial charge in [-0.05, 0) is 30.5 Å². The second-order valence-corrected chi connectivity index (χ2v) is 8.56. The van der Waals surface area contributed by atoms with E-state index in [4.69, 9.17) is 9.15 Å². The van der Waals surface area contributed by atoms with Crippen LogP contribution in [-0.2, 0) is 26.2 Å². The van der Waals surface area contributed by atoms with Crippen molar-refractivity contribution in [3.63, 3.8) is 0 Å². The molecule has 0 aliphatic carbocycles. The van der Waals surface area contributed by atoms with E-state index in [9.17, 15) is 23.3 Å². The molecule has 3 aromatic rings. The summed E-state index contributed by atoms with van der Waals surface area (Å²) < 4.78 is 37.1. The van der Waals surface area contributed by atoms with E-state index in [0.717, 1.165) is 17.8 Å². The molecule has 2 aromatic carbocycles. The van der Waals surface area contributed by atoms with Crippen molar-refractivity contribution in [3.05, 3.63) is 64.5 Å². The Morgan fingerprint density at radius 3 is 2.65 bits per heavy atom. The van der Waals surface area contributed by atoms with Crippen molar-refractivity contribution in [3.8, 4) is 11.5 Å². The number of benzene rings is 2. The molecule has 0 radical (unpaired) electrons. The number of esters is 1. The molecule has 0 fully saturated rings. The van der Waals surface area contributed by atoms with Gasteiger partial charge in [0.1, 0.15) is 6.54 Å². The van der Waals surface area contributed by atoms with Gasteiger partial charge in [-0.1, -0.05) is 18.2 Å². The third-order valence-corrected chi connectivity index (χ3v) is 6.09. The highest BCUT2D eigenvalue weighted by Crippen LogP contribution is 2.29. The van der Waals surface area contributed by atoms with E-state index < -0.39 is 27.5 Å². The molecular formula is C18H16N4O7S2. The third kappa shape index (κ3) is 5.65. The first kappa shape index (κ1) is 22.4. The first-order valence-corrected chi connectivity index (χ1v) is 11.4. The number of nitrogens with zero attached hydrogens (tertiary/aromatic N) is 3. The summed E-state index contributed by atoms with van der Waals surface area (Å²) >= 11 is 1.12. The summed E-state index contributed by atoms with van der Waals surface area (Å²) in [6.45, 7) is -1.02. The number of hydrogen-bond donors (Lipinski definition) is 1. The number of ether oxygens (including phenoxy) is 1. The van der Waals surface area contributed by atoms with Crippen LogP contribution in [0.3, 0.4) is 0 Å². The van der Waals surface area contributed by atoms with Crippen molar-refractivity contribution in [1.29, 1.82) is 0 Å². The number of carbonyl (C=O) groups is 1. The maximum absolute atomic E-state index is 12.4. The quantitative estimate of drug-likeness (QED) is 0.216. The van der Waals surface area contributed by atoms with E-state index in [-0.39, 0.29) is 29.0 Å². The summed E-state index contributed by atoms with van der Waals surface area (Å²) in [5.41, 5.74) is 0.352. The van der Waals surface area contributed by atoms with Crippen LogP contribution in [0.1, 0.15) is 5.89 Å².